The summed E-state index contributed by atoms with van der Waals surface area (Å²) in [4.78, 5) is 26.2. The smallest absolute Gasteiger partial charge is 0.353 e. The van der Waals surface area contributed by atoms with Gasteiger partial charge in [-0.3, -0.25) is 4.79 Å². The van der Waals surface area contributed by atoms with Crippen molar-refractivity contribution < 1.29 is 24.9 Å². The summed E-state index contributed by atoms with van der Waals surface area (Å²) in [5, 5.41) is 36.0. The summed E-state index contributed by atoms with van der Waals surface area (Å²) in [7, 11) is 1.79. The van der Waals surface area contributed by atoms with Gasteiger partial charge >= 0.3 is 5.97 Å². The molecule has 0 spiro atoms. The van der Waals surface area contributed by atoms with Gasteiger partial charge in [-0.15, -0.1) is 11.8 Å². The predicted molar refractivity (Wildman–Crippen MR) is 97.4 cm³/mol. The Morgan fingerprint density at radius 1 is 1.46 bits per heavy atom. The van der Waals surface area contributed by atoms with E-state index in [0.717, 1.165) is 6.42 Å². The molecule has 3 rings (SSSR count). The number of nitrogens with zero attached hydrogens (tertiary/aromatic N) is 1. The summed E-state index contributed by atoms with van der Waals surface area (Å²) in [6, 6.07) is -0.314. The molecule has 0 aromatic carbocycles. The maximum absolute atomic E-state index is 12.3. The van der Waals surface area contributed by atoms with Crippen molar-refractivity contribution in [3.8, 4) is 0 Å². The lowest BCUT2D eigenvalue weighted by Gasteiger charge is -2.46. The minimum absolute atomic E-state index is 0.0330. The van der Waals surface area contributed by atoms with Crippen LogP contribution in [0.1, 0.15) is 20.3 Å². The average molecular weight is 385 g/mol. The van der Waals surface area contributed by atoms with Crippen molar-refractivity contribution in [1.82, 2.24) is 15.5 Å². The van der Waals surface area contributed by atoms with Crippen LogP contribution >= 0.6 is 11.8 Å². The third kappa shape index (κ3) is 3.16. The summed E-state index contributed by atoms with van der Waals surface area (Å²) in [6.07, 6.45) is -0.560. The number of thioether (sulfide) groups is 1. The molecule has 0 aromatic heterocycles. The molecule has 0 unspecified atom stereocenters. The first-order valence-electron chi connectivity index (χ1n) is 8.99. The van der Waals surface area contributed by atoms with Gasteiger partial charge in [0.15, 0.2) is 0 Å². The van der Waals surface area contributed by atoms with E-state index in [1.807, 2.05) is 6.92 Å². The van der Waals surface area contributed by atoms with Crippen LogP contribution in [0.4, 0.5) is 0 Å². The van der Waals surface area contributed by atoms with Crippen molar-refractivity contribution >= 4 is 23.6 Å². The number of rotatable bonds is 7. The fraction of sp³-hybridized carbons (Fsp3) is 0.765. The van der Waals surface area contributed by atoms with Crippen molar-refractivity contribution in [2.24, 2.45) is 11.8 Å². The Labute approximate surface area is 157 Å². The van der Waals surface area contributed by atoms with Gasteiger partial charge in [0.2, 0.25) is 5.91 Å². The molecular formula is C17H27N3O5S. The fourth-order valence-electron chi connectivity index (χ4n) is 4.33. The number of aliphatic hydroxyl groups excluding tert-OH is 2. The lowest BCUT2D eigenvalue weighted by molar-refractivity contribution is -0.163. The van der Waals surface area contributed by atoms with Crippen LogP contribution in [-0.2, 0) is 9.59 Å². The number of nitrogens with one attached hydrogen (secondary N) is 2. The molecule has 0 aromatic rings. The molecule has 1 amide bonds. The topological polar surface area (TPSA) is 122 Å². The number of aliphatic hydroxyl groups is 2. The van der Waals surface area contributed by atoms with E-state index in [1.165, 1.54) is 16.7 Å². The molecule has 7 atom stereocenters. The predicted octanol–water partition coefficient (Wildman–Crippen LogP) is -0.816. The molecule has 0 radical (unpaired) electrons. The second-order valence-electron chi connectivity index (χ2n) is 7.39. The molecule has 8 nitrogen and oxygen atoms in total. The number of β-lactam (4-membered cyclic amide) rings is 1. The highest BCUT2D eigenvalue weighted by Gasteiger charge is 2.60. The Hall–Kier alpha value is -1.13. The van der Waals surface area contributed by atoms with E-state index in [0.29, 0.717) is 18.0 Å². The summed E-state index contributed by atoms with van der Waals surface area (Å²) >= 11 is 1.49. The van der Waals surface area contributed by atoms with Gasteiger partial charge in [0.05, 0.1) is 24.2 Å². The van der Waals surface area contributed by atoms with Gasteiger partial charge in [0.25, 0.3) is 0 Å². The molecule has 3 heterocycles. The van der Waals surface area contributed by atoms with Gasteiger partial charge in [-0.2, -0.15) is 0 Å². The van der Waals surface area contributed by atoms with Crippen molar-refractivity contribution in [3.63, 3.8) is 0 Å². The van der Waals surface area contributed by atoms with Gasteiger partial charge in [-0.1, -0.05) is 6.92 Å². The third-order valence-corrected chi connectivity index (χ3v) is 7.12. The van der Waals surface area contributed by atoms with Crippen LogP contribution in [0.2, 0.25) is 0 Å². The second-order valence-corrected chi connectivity index (χ2v) is 8.73. The molecule has 0 aliphatic carbocycles. The number of carbonyl (C=O) groups is 2. The van der Waals surface area contributed by atoms with E-state index in [1.54, 1.807) is 14.0 Å². The number of fused-ring (bicyclic) bond motifs is 1. The summed E-state index contributed by atoms with van der Waals surface area (Å²) in [5.41, 5.74) is 0.0635. The maximum Gasteiger partial charge on any atom is 0.353 e. The monoisotopic (exact) mass is 385 g/mol. The average Bonchev–Trinajstić information content (AvgIpc) is 3.11. The molecule has 5 N–H and O–H groups in total. The maximum atomic E-state index is 12.3. The van der Waals surface area contributed by atoms with Gasteiger partial charge < -0.3 is 30.9 Å². The molecular weight excluding hydrogens is 358 g/mol. The van der Waals surface area contributed by atoms with Crippen LogP contribution in [-0.4, -0.2) is 81.8 Å². The number of carboxylic acid groups (broad SMARTS) is 1. The molecule has 26 heavy (non-hydrogen) atoms. The van der Waals surface area contributed by atoms with Crippen LogP contribution < -0.4 is 10.6 Å². The van der Waals surface area contributed by atoms with Crippen LogP contribution in [0.3, 0.4) is 0 Å². The number of hydrogen-bond donors (Lipinski definition) is 5. The number of carboxylic acids is 1. The minimum Gasteiger partial charge on any atom is -0.477 e. The number of carbonyl (C=O) groups excluding carboxylic acids is 1. The van der Waals surface area contributed by atoms with E-state index in [4.69, 9.17) is 0 Å². The lowest BCUT2D eigenvalue weighted by Crippen LogP contribution is -2.63. The van der Waals surface area contributed by atoms with E-state index in [-0.39, 0.29) is 34.9 Å². The Morgan fingerprint density at radius 3 is 2.73 bits per heavy atom. The largest absolute Gasteiger partial charge is 0.477 e. The first-order chi connectivity index (χ1) is 12.3. The normalized spacial score (nSPS) is 36.1. The minimum atomic E-state index is -1.10. The quantitative estimate of drug-likeness (QED) is 0.361. The molecule has 2 saturated heterocycles. The van der Waals surface area contributed by atoms with Gasteiger partial charge in [-0.05, 0) is 20.4 Å². The standard InChI is InChI=1S/C17H27N3O5S/c1-7-13-12(8(2)21)16(23)20(13)14(17(24)25)15(7)26-9-4-10(19-5-9)11(22)6-18-3/h7-13,18-19,21-22H,4-6H2,1-3H3,(H,24,25)/t7-,8-,9+,10+,11+,12-,13-/m1/s1. The zero-order valence-electron chi connectivity index (χ0n) is 15.2. The zero-order valence-corrected chi connectivity index (χ0v) is 16.0. The van der Waals surface area contributed by atoms with E-state index >= 15 is 0 Å². The Bertz CT molecular complexity index is 626. The molecule has 3 aliphatic heterocycles. The molecule has 9 heteroatoms. The first kappa shape index (κ1) is 19.6. The molecule has 0 bridgehead atoms. The number of aliphatic carboxylic acids is 1. The Kier molecular flexibility index (Phi) is 5.64. The van der Waals surface area contributed by atoms with Crippen LogP contribution in [0, 0.1) is 11.8 Å². The summed E-state index contributed by atoms with van der Waals surface area (Å²) in [6.45, 7) is 4.67. The summed E-state index contributed by atoms with van der Waals surface area (Å²) < 4.78 is 0. The Morgan fingerprint density at radius 2 is 2.15 bits per heavy atom. The van der Waals surface area contributed by atoms with Crippen molar-refractivity contribution in [1.29, 1.82) is 0 Å². The first-order valence-corrected chi connectivity index (χ1v) is 9.87. The highest BCUT2D eigenvalue weighted by atomic mass is 32.2. The van der Waals surface area contributed by atoms with E-state index in [9.17, 15) is 24.9 Å². The van der Waals surface area contributed by atoms with Gasteiger partial charge in [0, 0.05) is 35.2 Å². The SMILES string of the molecule is CNC[C@H](O)[C@@H]1C[C@H](SC2=C(C(=O)O)N3C(=O)[C@H]([C@@H](C)O)[C@H]3[C@H]2C)CN1. The number of hydrogen-bond acceptors (Lipinski definition) is 7. The summed E-state index contributed by atoms with van der Waals surface area (Å²) in [5.74, 6) is -2.07. The lowest BCUT2D eigenvalue weighted by atomic mass is 9.79. The van der Waals surface area contributed by atoms with Crippen molar-refractivity contribution in [3.05, 3.63) is 10.6 Å². The van der Waals surface area contributed by atoms with Gasteiger partial charge in [-0.25, -0.2) is 4.79 Å². The van der Waals surface area contributed by atoms with Crippen LogP contribution in [0.25, 0.3) is 0 Å². The van der Waals surface area contributed by atoms with Crippen molar-refractivity contribution in [2.75, 3.05) is 20.1 Å². The molecule has 3 aliphatic rings. The van der Waals surface area contributed by atoms with Crippen LogP contribution in [0.5, 0.6) is 0 Å². The zero-order chi connectivity index (χ0) is 19.2. The fourth-order valence-corrected chi connectivity index (χ4v) is 5.82. The third-order valence-electron chi connectivity index (χ3n) is 5.61. The second kappa shape index (κ2) is 7.47. The number of likely N-dealkylation sites (N-methyl/N-ethyl adjacent to an activating group) is 1. The Balaban J connectivity index is 1.75. The number of amides is 1. The van der Waals surface area contributed by atoms with Gasteiger partial charge in [0.1, 0.15) is 5.70 Å². The van der Waals surface area contributed by atoms with Crippen LogP contribution in [0.15, 0.2) is 10.6 Å². The molecule has 2 fully saturated rings. The highest BCUT2D eigenvalue weighted by molar-refractivity contribution is 8.03. The van der Waals surface area contributed by atoms with E-state index in [2.05, 4.69) is 10.6 Å². The van der Waals surface area contributed by atoms with Crippen molar-refractivity contribution in [2.45, 2.75) is 49.8 Å². The molecule has 0 saturated carbocycles. The highest BCUT2D eigenvalue weighted by Crippen LogP contribution is 2.51. The molecule has 146 valence electrons. The van der Waals surface area contributed by atoms with E-state index < -0.39 is 24.1 Å².